The van der Waals surface area contributed by atoms with Gasteiger partial charge in [0, 0.05) is 34.3 Å². The van der Waals surface area contributed by atoms with Crippen molar-refractivity contribution in [3.63, 3.8) is 0 Å². The molecule has 19 heavy (non-hydrogen) atoms. The Hall–Kier alpha value is -2.48. The molecule has 0 amide bonds. The fourth-order valence-electron chi connectivity index (χ4n) is 2.49. The lowest BCUT2D eigenvalue weighted by atomic mass is 10.0. The third kappa shape index (κ3) is 2.13. The van der Waals surface area contributed by atoms with Crippen LogP contribution >= 0.6 is 0 Å². The molecule has 0 aliphatic rings. The highest BCUT2D eigenvalue weighted by atomic mass is 14.7. The average Bonchev–Trinajstić information content (AvgIpc) is 2.76. The number of benzene rings is 2. The number of aromatic amines is 1. The minimum atomic E-state index is 0.666. The molecule has 0 aliphatic carbocycles. The highest BCUT2D eigenvalue weighted by molar-refractivity contribution is 5.97. The van der Waals surface area contributed by atoms with Crippen molar-refractivity contribution in [1.29, 1.82) is 0 Å². The Bertz CT molecular complexity index is 723. The van der Waals surface area contributed by atoms with E-state index in [2.05, 4.69) is 54.0 Å². The molecule has 0 saturated carbocycles. The molecular formula is C17H16N2. The lowest BCUT2D eigenvalue weighted by molar-refractivity contribution is 1.07. The Labute approximate surface area is 112 Å². The van der Waals surface area contributed by atoms with Gasteiger partial charge in [-0.25, -0.2) is 0 Å². The number of hydrogen-bond donors (Lipinski definition) is 2. The first-order chi connectivity index (χ1) is 9.25. The monoisotopic (exact) mass is 248 g/mol. The van der Waals surface area contributed by atoms with E-state index in [0.717, 1.165) is 11.2 Å². The van der Waals surface area contributed by atoms with E-state index < -0.39 is 0 Å². The van der Waals surface area contributed by atoms with E-state index in [4.69, 9.17) is 5.73 Å². The summed E-state index contributed by atoms with van der Waals surface area (Å²) < 4.78 is 0. The summed E-state index contributed by atoms with van der Waals surface area (Å²) in [4.78, 5) is 3.45. The van der Waals surface area contributed by atoms with Gasteiger partial charge in [0.15, 0.2) is 0 Å². The third-order valence-corrected chi connectivity index (χ3v) is 3.25. The molecule has 0 unspecified atom stereocenters. The van der Waals surface area contributed by atoms with Crippen molar-refractivity contribution in [3.8, 4) is 11.1 Å². The first-order valence-electron chi connectivity index (χ1n) is 6.34. The number of fused-ring (bicyclic) bond motifs is 1. The van der Waals surface area contributed by atoms with Gasteiger partial charge in [0.05, 0.1) is 0 Å². The summed E-state index contributed by atoms with van der Waals surface area (Å²) in [5.41, 5.74) is 11.1. The summed E-state index contributed by atoms with van der Waals surface area (Å²) in [6, 6.07) is 18.7. The van der Waals surface area contributed by atoms with Crippen LogP contribution in [0.1, 0.15) is 5.69 Å². The van der Waals surface area contributed by atoms with Gasteiger partial charge < -0.3 is 10.7 Å². The van der Waals surface area contributed by atoms with Crippen molar-refractivity contribution in [3.05, 3.63) is 72.6 Å². The zero-order valence-electron chi connectivity index (χ0n) is 10.7. The number of nitrogens with two attached hydrogens (primary N) is 1. The maximum atomic E-state index is 5.78. The van der Waals surface area contributed by atoms with Gasteiger partial charge in [-0.15, -0.1) is 0 Å². The number of para-hydroxylation sites is 1. The average molecular weight is 248 g/mol. The van der Waals surface area contributed by atoms with Gasteiger partial charge in [0.1, 0.15) is 0 Å². The van der Waals surface area contributed by atoms with Gasteiger partial charge in [-0.1, -0.05) is 55.1 Å². The molecule has 2 aromatic carbocycles. The van der Waals surface area contributed by atoms with E-state index in [9.17, 15) is 0 Å². The van der Waals surface area contributed by atoms with E-state index in [1.165, 1.54) is 16.5 Å². The molecule has 3 rings (SSSR count). The van der Waals surface area contributed by atoms with E-state index in [1.54, 1.807) is 0 Å². The Morgan fingerprint density at radius 2 is 1.68 bits per heavy atom. The standard InChI is InChI=1S/C17H16N2/c1-12(18)11-16-17(13-7-3-2-4-8-13)14-9-5-6-10-15(14)19-16/h2-10,19H,1,11,18H2. The Morgan fingerprint density at radius 1 is 1.00 bits per heavy atom. The van der Waals surface area contributed by atoms with E-state index >= 15 is 0 Å². The van der Waals surface area contributed by atoms with Gasteiger partial charge >= 0.3 is 0 Å². The SMILES string of the molecule is C=C(N)Cc1[nH]c2ccccc2c1-c1ccccc1. The largest absolute Gasteiger partial charge is 0.402 e. The lowest BCUT2D eigenvalue weighted by Gasteiger charge is -2.05. The second kappa shape index (κ2) is 4.65. The molecule has 1 heterocycles. The van der Waals surface area contributed by atoms with Gasteiger partial charge in [-0.2, -0.15) is 0 Å². The molecule has 0 radical (unpaired) electrons. The number of allylic oxidation sites excluding steroid dienone is 1. The Morgan fingerprint density at radius 3 is 2.42 bits per heavy atom. The molecule has 0 spiro atoms. The minimum absolute atomic E-state index is 0.666. The maximum Gasteiger partial charge on any atom is 0.0462 e. The van der Waals surface area contributed by atoms with Crippen molar-refractivity contribution in [2.75, 3.05) is 0 Å². The lowest BCUT2D eigenvalue weighted by Crippen LogP contribution is -2.00. The zero-order valence-corrected chi connectivity index (χ0v) is 10.7. The van der Waals surface area contributed by atoms with Crippen molar-refractivity contribution < 1.29 is 0 Å². The summed E-state index contributed by atoms with van der Waals surface area (Å²) >= 11 is 0. The molecule has 1 aromatic heterocycles. The van der Waals surface area contributed by atoms with Crippen LogP contribution in [0, 0.1) is 0 Å². The van der Waals surface area contributed by atoms with Crippen LogP contribution in [0.15, 0.2) is 66.9 Å². The predicted molar refractivity (Wildman–Crippen MR) is 80.8 cm³/mol. The van der Waals surface area contributed by atoms with E-state index in [0.29, 0.717) is 12.1 Å². The highest BCUT2D eigenvalue weighted by Crippen LogP contribution is 2.32. The summed E-state index contributed by atoms with van der Waals surface area (Å²) in [5.74, 6) is 0. The number of nitrogens with one attached hydrogen (secondary N) is 1. The highest BCUT2D eigenvalue weighted by Gasteiger charge is 2.12. The topological polar surface area (TPSA) is 41.8 Å². The molecule has 0 saturated heterocycles. The van der Waals surface area contributed by atoms with Crippen molar-refractivity contribution in [2.45, 2.75) is 6.42 Å². The minimum Gasteiger partial charge on any atom is -0.402 e. The molecule has 2 nitrogen and oxygen atoms in total. The Kier molecular flexibility index (Phi) is 2.84. The van der Waals surface area contributed by atoms with Crippen LogP contribution in [0.2, 0.25) is 0 Å². The summed E-state index contributed by atoms with van der Waals surface area (Å²) in [6.45, 7) is 3.81. The van der Waals surface area contributed by atoms with Crippen molar-refractivity contribution >= 4 is 10.9 Å². The maximum absolute atomic E-state index is 5.78. The van der Waals surface area contributed by atoms with Gasteiger partial charge in [0.2, 0.25) is 0 Å². The van der Waals surface area contributed by atoms with Crippen molar-refractivity contribution in [1.82, 2.24) is 4.98 Å². The first kappa shape index (κ1) is 11.6. The molecule has 3 aromatic rings. The molecule has 0 bridgehead atoms. The van der Waals surface area contributed by atoms with Crippen LogP contribution < -0.4 is 5.73 Å². The molecule has 3 N–H and O–H groups in total. The van der Waals surface area contributed by atoms with Crippen LogP contribution in [-0.4, -0.2) is 4.98 Å². The predicted octanol–water partition coefficient (Wildman–Crippen LogP) is 3.85. The van der Waals surface area contributed by atoms with Gasteiger partial charge in [-0.05, 0) is 11.6 Å². The fourth-order valence-corrected chi connectivity index (χ4v) is 2.49. The van der Waals surface area contributed by atoms with Crippen LogP contribution in [0.5, 0.6) is 0 Å². The summed E-state index contributed by atoms with van der Waals surface area (Å²) in [6.07, 6.45) is 0.666. The number of rotatable bonds is 3. The molecule has 0 aliphatic heterocycles. The smallest absolute Gasteiger partial charge is 0.0462 e. The number of hydrogen-bond acceptors (Lipinski definition) is 1. The van der Waals surface area contributed by atoms with E-state index in [1.807, 2.05) is 12.1 Å². The van der Waals surface area contributed by atoms with Gasteiger partial charge in [-0.3, -0.25) is 0 Å². The second-order valence-corrected chi connectivity index (χ2v) is 4.73. The fraction of sp³-hybridized carbons (Fsp3) is 0.0588. The Balaban J connectivity index is 2.27. The third-order valence-electron chi connectivity index (χ3n) is 3.25. The number of H-pyrrole nitrogens is 1. The molecule has 0 fully saturated rings. The molecular weight excluding hydrogens is 232 g/mol. The van der Waals surface area contributed by atoms with Crippen LogP contribution in [-0.2, 0) is 6.42 Å². The number of aromatic nitrogens is 1. The van der Waals surface area contributed by atoms with Crippen molar-refractivity contribution in [2.24, 2.45) is 5.73 Å². The second-order valence-electron chi connectivity index (χ2n) is 4.73. The summed E-state index contributed by atoms with van der Waals surface area (Å²) in [5, 5.41) is 1.23. The van der Waals surface area contributed by atoms with Crippen LogP contribution in [0.25, 0.3) is 22.0 Å². The molecule has 2 heteroatoms. The summed E-state index contributed by atoms with van der Waals surface area (Å²) in [7, 11) is 0. The zero-order chi connectivity index (χ0) is 13.2. The first-order valence-corrected chi connectivity index (χ1v) is 6.34. The molecule has 94 valence electrons. The van der Waals surface area contributed by atoms with Crippen LogP contribution in [0.4, 0.5) is 0 Å². The van der Waals surface area contributed by atoms with Crippen LogP contribution in [0.3, 0.4) is 0 Å². The van der Waals surface area contributed by atoms with E-state index in [-0.39, 0.29) is 0 Å². The quantitative estimate of drug-likeness (QED) is 0.726. The molecule has 0 atom stereocenters. The normalized spacial score (nSPS) is 10.7. The van der Waals surface area contributed by atoms with Gasteiger partial charge in [0.25, 0.3) is 0 Å².